The smallest absolute Gasteiger partial charge is 0.270 e. The molecule has 2 aromatic rings. The van der Waals surface area contributed by atoms with Crippen LogP contribution in [0.3, 0.4) is 0 Å². The van der Waals surface area contributed by atoms with E-state index in [-0.39, 0.29) is 5.56 Å². The molecule has 0 fully saturated rings. The maximum atomic E-state index is 12.2. The molecule has 3 rings (SSSR count). The third-order valence-electron chi connectivity index (χ3n) is 3.53. The van der Waals surface area contributed by atoms with Gasteiger partial charge in [-0.1, -0.05) is 29.8 Å². The van der Waals surface area contributed by atoms with E-state index >= 15 is 0 Å². The molecule has 1 N–H and O–H groups in total. The third-order valence-corrected chi connectivity index (χ3v) is 3.90. The van der Waals surface area contributed by atoms with Crippen molar-refractivity contribution in [1.82, 2.24) is 9.78 Å². The Morgan fingerprint density at radius 3 is 2.78 bits per heavy atom. The predicted octanol–water partition coefficient (Wildman–Crippen LogP) is 2.76. The third kappa shape index (κ3) is 1.99. The summed E-state index contributed by atoms with van der Waals surface area (Å²) >= 11 is 6.12. The van der Waals surface area contributed by atoms with E-state index in [0.29, 0.717) is 11.6 Å². The Bertz CT molecular complexity index is 627. The molecule has 0 radical (unpaired) electrons. The topological polar surface area (TPSA) is 37.8 Å². The summed E-state index contributed by atoms with van der Waals surface area (Å²) in [5, 5.41) is 3.93. The second-order valence-electron chi connectivity index (χ2n) is 4.76. The van der Waals surface area contributed by atoms with Gasteiger partial charge >= 0.3 is 0 Å². The lowest BCUT2D eigenvalue weighted by Crippen LogP contribution is -2.20. The fourth-order valence-corrected chi connectivity index (χ4v) is 2.75. The molecule has 0 atom stereocenters. The van der Waals surface area contributed by atoms with Gasteiger partial charge in [-0.2, -0.15) is 0 Å². The molecule has 1 aromatic carbocycles. The predicted molar refractivity (Wildman–Crippen MR) is 72.2 cm³/mol. The summed E-state index contributed by atoms with van der Waals surface area (Å²) in [6, 6.07) is 7.64. The van der Waals surface area contributed by atoms with Gasteiger partial charge in [0.2, 0.25) is 0 Å². The van der Waals surface area contributed by atoms with Gasteiger partial charge in [-0.15, -0.1) is 0 Å². The molecule has 4 heteroatoms. The minimum Gasteiger partial charge on any atom is -0.299 e. The van der Waals surface area contributed by atoms with Gasteiger partial charge in [-0.05, 0) is 37.3 Å². The van der Waals surface area contributed by atoms with Crippen molar-refractivity contribution in [2.45, 2.75) is 32.2 Å². The van der Waals surface area contributed by atoms with Gasteiger partial charge in [0, 0.05) is 16.3 Å². The van der Waals surface area contributed by atoms with E-state index in [2.05, 4.69) is 5.10 Å². The highest BCUT2D eigenvalue weighted by Crippen LogP contribution is 2.18. The van der Waals surface area contributed by atoms with Crippen LogP contribution in [0.2, 0.25) is 5.02 Å². The molecular formula is C14H15ClN2O. The maximum Gasteiger partial charge on any atom is 0.270 e. The Balaban J connectivity index is 1.97. The average molecular weight is 263 g/mol. The van der Waals surface area contributed by atoms with Crippen LogP contribution in [0.25, 0.3) is 0 Å². The first kappa shape index (κ1) is 11.6. The van der Waals surface area contributed by atoms with Gasteiger partial charge in [0.25, 0.3) is 5.56 Å². The van der Waals surface area contributed by atoms with Gasteiger partial charge in [0.15, 0.2) is 0 Å². The Morgan fingerprint density at radius 2 is 2.00 bits per heavy atom. The molecule has 1 aliphatic carbocycles. The van der Waals surface area contributed by atoms with Gasteiger partial charge in [0.1, 0.15) is 0 Å². The van der Waals surface area contributed by atoms with E-state index in [0.717, 1.165) is 36.1 Å². The van der Waals surface area contributed by atoms with E-state index < -0.39 is 0 Å². The van der Waals surface area contributed by atoms with Crippen molar-refractivity contribution in [3.8, 4) is 0 Å². The summed E-state index contributed by atoms with van der Waals surface area (Å²) in [5.74, 6) is 0. The van der Waals surface area contributed by atoms with Crippen LogP contribution in [0.5, 0.6) is 0 Å². The molecule has 0 spiro atoms. The first-order valence-electron chi connectivity index (χ1n) is 6.29. The first-order valence-corrected chi connectivity index (χ1v) is 6.67. The zero-order valence-electron chi connectivity index (χ0n) is 10.1. The SMILES string of the molecule is O=c1c2c([nH]n1Cc1ccccc1Cl)CCCC2. The molecule has 3 nitrogen and oxygen atoms in total. The van der Waals surface area contributed by atoms with Gasteiger partial charge in [-0.3, -0.25) is 9.89 Å². The van der Waals surface area contributed by atoms with Crippen molar-refractivity contribution >= 4 is 11.6 Å². The van der Waals surface area contributed by atoms with Crippen molar-refractivity contribution in [3.05, 3.63) is 56.5 Å². The Kier molecular flexibility index (Phi) is 3.00. The van der Waals surface area contributed by atoms with E-state index in [1.165, 1.54) is 6.42 Å². The number of aryl methyl sites for hydroxylation is 1. The maximum absolute atomic E-state index is 12.2. The van der Waals surface area contributed by atoms with Gasteiger partial charge in [0.05, 0.1) is 6.54 Å². The molecule has 18 heavy (non-hydrogen) atoms. The fraction of sp³-hybridized carbons (Fsp3) is 0.357. The number of benzene rings is 1. The van der Waals surface area contributed by atoms with Crippen molar-refractivity contribution in [1.29, 1.82) is 0 Å². The molecular weight excluding hydrogens is 248 g/mol. The number of H-pyrrole nitrogens is 1. The molecule has 94 valence electrons. The minimum absolute atomic E-state index is 0.115. The lowest BCUT2D eigenvalue weighted by Gasteiger charge is -2.07. The number of nitrogens with zero attached hydrogens (tertiary/aromatic N) is 1. The molecule has 0 aliphatic heterocycles. The number of fused-ring (bicyclic) bond motifs is 1. The highest BCUT2D eigenvalue weighted by atomic mass is 35.5. The van der Waals surface area contributed by atoms with Gasteiger partial charge < -0.3 is 0 Å². The van der Waals surface area contributed by atoms with Crippen LogP contribution in [0, 0.1) is 0 Å². The monoisotopic (exact) mass is 262 g/mol. The first-order chi connectivity index (χ1) is 8.75. The van der Waals surface area contributed by atoms with Crippen molar-refractivity contribution in [2.75, 3.05) is 0 Å². The zero-order valence-corrected chi connectivity index (χ0v) is 10.8. The summed E-state index contributed by atoms with van der Waals surface area (Å²) in [5.41, 5.74) is 3.16. The molecule has 0 saturated heterocycles. The van der Waals surface area contributed by atoms with E-state index in [1.54, 1.807) is 4.68 Å². The van der Waals surface area contributed by atoms with E-state index in [9.17, 15) is 4.79 Å². The van der Waals surface area contributed by atoms with Crippen LogP contribution < -0.4 is 5.56 Å². The molecule has 0 bridgehead atoms. The summed E-state index contributed by atoms with van der Waals surface area (Å²) in [4.78, 5) is 12.2. The van der Waals surface area contributed by atoms with Crippen LogP contribution in [0.1, 0.15) is 29.7 Å². The highest BCUT2D eigenvalue weighted by molar-refractivity contribution is 6.31. The van der Waals surface area contributed by atoms with E-state index in [1.807, 2.05) is 24.3 Å². The van der Waals surface area contributed by atoms with Crippen LogP contribution in [0.15, 0.2) is 29.1 Å². The second kappa shape index (κ2) is 4.65. The summed E-state index contributed by atoms with van der Waals surface area (Å²) in [6.45, 7) is 0.519. The Morgan fingerprint density at radius 1 is 1.22 bits per heavy atom. The number of aromatic amines is 1. The quantitative estimate of drug-likeness (QED) is 0.888. The minimum atomic E-state index is 0.115. The number of aromatic nitrogens is 2. The molecule has 1 heterocycles. The van der Waals surface area contributed by atoms with Crippen LogP contribution in [0.4, 0.5) is 0 Å². The highest BCUT2D eigenvalue weighted by Gasteiger charge is 2.17. The van der Waals surface area contributed by atoms with Crippen molar-refractivity contribution in [3.63, 3.8) is 0 Å². The number of hydrogen-bond acceptors (Lipinski definition) is 1. The lowest BCUT2D eigenvalue weighted by molar-refractivity contribution is 0.639. The number of hydrogen-bond donors (Lipinski definition) is 1. The Labute approximate surface area is 110 Å². The summed E-state index contributed by atoms with van der Waals surface area (Å²) in [7, 11) is 0. The fourth-order valence-electron chi connectivity index (χ4n) is 2.55. The Hall–Kier alpha value is -1.48. The number of nitrogens with one attached hydrogen (secondary N) is 1. The van der Waals surface area contributed by atoms with Crippen LogP contribution in [-0.2, 0) is 19.4 Å². The molecule has 1 aromatic heterocycles. The molecule has 1 aliphatic rings. The second-order valence-corrected chi connectivity index (χ2v) is 5.17. The molecule has 0 unspecified atom stereocenters. The van der Waals surface area contributed by atoms with Crippen molar-refractivity contribution in [2.24, 2.45) is 0 Å². The normalized spacial score (nSPS) is 14.5. The van der Waals surface area contributed by atoms with Crippen molar-refractivity contribution < 1.29 is 0 Å². The average Bonchev–Trinajstić information content (AvgIpc) is 2.70. The molecule has 0 amide bonds. The zero-order chi connectivity index (χ0) is 12.5. The largest absolute Gasteiger partial charge is 0.299 e. The standard InChI is InChI=1S/C14H15ClN2O/c15-12-7-3-1-5-10(12)9-17-14(18)11-6-2-4-8-13(11)16-17/h1,3,5,7,16H,2,4,6,8-9H2. The number of halogens is 1. The van der Waals surface area contributed by atoms with Crippen LogP contribution >= 0.6 is 11.6 Å². The summed E-state index contributed by atoms with van der Waals surface area (Å²) in [6.07, 6.45) is 4.17. The summed E-state index contributed by atoms with van der Waals surface area (Å²) < 4.78 is 1.68. The number of rotatable bonds is 2. The molecule has 0 saturated carbocycles. The van der Waals surface area contributed by atoms with Crippen LogP contribution in [-0.4, -0.2) is 9.78 Å². The lowest BCUT2D eigenvalue weighted by atomic mass is 9.98. The van der Waals surface area contributed by atoms with Gasteiger partial charge in [-0.25, -0.2) is 4.68 Å². The van der Waals surface area contributed by atoms with E-state index in [4.69, 9.17) is 11.6 Å².